The van der Waals surface area contributed by atoms with Crippen LogP contribution in [0, 0.1) is 19.7 Å². The topological polar surface area (TPSA) is 94.1 Å². The normalized spacial score (nSPS) is 17.6. The molecule has 1 fully saturated rings. The number of nitrogens with zero attached hydrogens (tertiary/aromatic N) is 5. The van der Waals surface area contributed by atoms with E-state index in [1.807, 2.05) is 10.6 Å². The molecule has 1 aromatic carbocycles. The van der Waals surface area contributed by atoms with E-state index in [4.69, 9.17) is 9.51 Å². The summed E-state index contributed by atoms with van der Waals surface area (Å²) in [5.41, 5.74) is 2.46. The van der Waals surface area contributed by atoms with Crippen molar-refractivity contribution in [3.8, 4) is 11.4 Å². The van der Waals surface area contributed by atoms with Crippen molar-refractivity contribution in [2.45, 2.75) is 31.2 Å². The first-order valence-electron chi connectivity index (χ1n) is 9.88. The van der Waals surface area contributed by atoms with Crippen LogP contribution in [0.15, 0.2) is 52.0 Å². The first kappa shape index (κ1) is 19.8. The Morgan fingerprint density at radius 2 is 1.94 bits per heavy atom. The SMILES string of the molecule is Cc1noc(C)c1S(=O)(=O)N1CCC(n2c(-c3ccc(F)cc3)nc3cccnc32)C1. The Morgan fingerprint density at radius 1 is 1.16 bits per heavy atom. The van der Waals surface area contributed by atoms with Gasteiger partial charge in [-0.25, -0.2) is 22.8 Å². The monoisotopic (exact) mass is 441 g/mol. The summed E-state index contributed by atoms with van der Waals surface area (Å²) in [6, 6.07) is 9.59. The van der Waals surface area contributed by atoms with E-state index < -0.39 is 10.0 Å². The van der Waals surface area contributed by atoms with Crippen LogP contribution < -0.4 is 0 Å². The third kappa shape index (κ3) is 3.22. The molecule has 10 heteroatoms. The molecule has 4 aromatic rings. The molecule has 1 saturated heterocycles. The van der Waals surface area contributed by atoms with E-state index >= 15 is 0 Å². The highest BCUT2D eigenvalue weighted by Crippen LogP contribution is 2.35. The summed E-state index contributed by atoms with van der Waals surface area (Å²) in [4.78, 5) is 9.32. The average molecular weight is 441 g/mol. The van der Waals surface area contributed by atoms with Gasteiger partial charge in [-0.1, -0.05) is 5.16 Å². The Balaban J connectivity index is 1.56. The van der Waals surface area contributed by atoms with Crippen molar-refractivity contribution in [3.05, 3.63) is 59.9 Å². The molecule has 31 heavy (non-hydrogen) atoms. The predicted molar refractivity (Wildman–Crippen MR) is 111 cm³/mol. The molecule has 0 saturated carbocycles. The van der Waals surface area contributed by atoms with Gasteiger partial charge in [-0.05, 0) is 56.7 Å². The molecule has 1 aliphatic heterocycles. The minimum atomic E-state index is -3.74. The summed E-state index contributed by atoms with van der Waals surface area (Å²) >= 11 is 0. The summed E-state index contributed by atoms with van der Waals surface area (Å²) in [5, 5.41) is 3.79. The smallest absolute Gasteiger partial charge is 0.248 e. The lowest BCUT2D eigenvalue weighted by atomic mass is 10.2. The standard InChI is InChI=1S/C21H20FN5O3S/c1-13-19(14(2)30-25-13)31(28,29)26-11-9-17(12-26)27-20(15-5-7-16(22)8-6-15)24-18-4-3-10-23-21(18)27/h3-8,10,17H,9,11-12H2,1-2H3. The molecule has 0 amide bonds. The van der Waals surface area contributed by atoms with E-state index in [0.29, 0.717) is 35.6 Å². The van der Waals surface area contributed by atoms with Gasteiger partial charge in [-0.2, -0.15) is 4.31 Å². The van der Waals surface area contributed by atoms with Crippen molar-refractivity contribution in [2.24, 2.45) is 0 Å². The number of rotatable bonds is 4. The largest absolute Gasteiger partial charge is 0.360 e. The van der Waals surface area contributed by atoms with Crippen LogP contribution >= 0.6 is 0 Å². The quantitative estimate of drug-likeness (QED) is 0.481. The van der Waals surface area contributed by atoms with E-state index in [1.54, 1.807) is 38.2 Å². The number of benzene rings is 1. The Bertz CT molecular complexity index is 1360. The second kappa shape index (κ2) is 7.24. The first-order valence-corrected chi connectivity index (χ1v) is 11.3. The number of pyridine rings is 1. The van der Waals surface area contributed by atoms with Gasteiger partial charge in [-0.15, -0.1) is 0 Å². The first-order chi connectivity index (χ1) is 14.9. The minimum absolute atomic E-state index is 0.125. The van der Waals surface area contributed by atoms with Crippen molar-refractivity contribution in [1.29, 1.82) is 0 Å². The number of hydrogen-bond donors (Lipinski definition) is 0. The van der Waals surface area contributed by atoms with Crippen LogP contribution in [0.4, 0.5) is 4.39 Å². The van der Waals surface area contributed by atoms with Crippen molar-refractivity contribution in [1.82, 2.24) is 24.0 Å². The number of imidazole rings is 1. The summed E-state index contributed by atoms with van der Waals surface area (Å²) in [7, 11) is -3.74. The molecule has 1 atom stereocenters. The molecule has 0 spiro atoms. The van der Waals surface area contributed by atoms with Crippen LogP contribution in [0.25, 0.3) is 22.6 Å². The third-order valence-electron chi connectivity index (χ3n) is 5.61. The van der Waals surface area contributed by atoms with Crippen molar-refractivity contribution in [2.75, 3.05) is 13.1 Å². The van der Waals surface area contributed by atoms with Gasteiger partial charge in [0.05, 0.1) is 6.04 Å². The lowest BCUT2D eigenvalue weighted by Gasteiger charge is -2.18. The number of aromatic nitrogens is 4. The van der Waals surface area contributed by atoms with E-state index in [-0.39, 0.29) is 29.1 Å². The zero-order chi connectivity index (χ0) is 21.8. The predicted octanol–water partition coefficient (Wildman–Crippen LogP) is 3.48. The number of sulfonamides is 1. The summed E-state index contributed by atoms with van der Waals surface area (Å²) in [6.45, 7) is 3.84. The molecule has 0 N–H and O–H groups in total. The number of aryl methyl sites for hydroxylation is 2. The average Bonchev–Trinajstić information content (AvgIpc) is 3.45. The van der Waals surface area contributed by atoms with Gasteiger partial charge < -0.3 is 9.09 Å². The molecule has 1 unspecified atom stereocenters. The van der Waals surface area contributed by atoms with Crippen LogP contribution in [0.3, 0.4) is 0 Å². The highest BCUT2D eigenvalue weighted by Gasteiger charge is 2.38. The fraction of sp³-hybridized carbons (Fsp3) is 0.286. The van der Waals surface area contributed by atoms with Gasteiger partial charge in [0.25, 0.3) is 0 Å². The van der Waals surface area contributed by atoms with Gasteiger partial charge in [-0.3, -0.25) is 0 Å². The van der Waals surface area contributed by atoms with E-state index in [2.05, 4.69) is 10.1 Å². The van der Waals surface area contributed by atoms with Gasteiger partial charge >= 0.3 is 0 Å². The van der Waals surface area contributed by atoms with Crippen molar-refractivity contribution >= 4 is 21.2 Å². The Hall–Kier alpha value is -3.11. The molecule has 0 radical (unpaired) electrons. The van der Waals surface area contributed by atoms with Crippen LogP contribution in [0.2, 0.25) is 0 Å². The summed E-state index contributed by atoms with van der Waals surface area (Å²) < 4.78 is 48.5. The number of hydrogen-bond acceptors (Lipinski definition) is 6. The summed E-state index contributed by atoms with van der Waals surface area (Å²) in [6.07, 6.45) is 2.28. The van der Waals surface area contributed by atoms with Gasteiger partial charge in [0, 0.05) is 24.8 Å². The van der Waals surface area contributed by atoms with Crippen molar-refractivity contribution in [3.63, 3.8) is 0 Å². The van der Waals surface area contributed by atoms with E-state index in [0.717, 1.165) is 5.56 Å². The molecule has 0 aliphatic carbocycles. The van der Waals surface area contributed by atoms with Crippen molar-refractivity contribution < 1.29 is 17.3 Å². The maximum Gasteiger partial charge on any atom is 0.248 e. The van der Waals surface area contributed by atoms with Crippen LogP contribution in [-0.2, 0) is 10.0 Å². The van der Waals surface area contributed by atoms with Crippen LogP contribution in [-0.4, -0.2) is 45.5 Å². The zero-order valence-electron chi connectivity index (χ0n) is 17.0. The Labute approximate surface area is 178 Å². The lowest BCUT2D eigenvalue weighted by Crippen LogP contribution is -2.30. The molecule has 160 valence electrons. The summed E-state index contributed by atoms with van der Waals surface area (Å²) in [5.74, 6) is 0.583. The maximum absolute atomic E-state index is 13.5. The lowest BCUT2D eigenvalue weighted by molar-refractivity contribution is 0.389. The Kier molecular flexibility index (Phi) is 4.63. The molecule has 0 bridgehead atoms. The van der Waals surface area contributed by atoms with Gasteiger partial charge in [0.1, 0.15) is 27.7 Å². The van der Waals surface area contributed by atoms with Gasteiger partial charge in [0.15, 0.2) is 11.4 Å². The molecule has 5 rings (SSSR count). The Morgan fingerprint density at radius 3 is 2.65 bits per heavy atom. The number of halogens is 1. The van der Waals surface area contributed by atoms with E-state index in [1.165, 1.54) is 16.4 Å². The third-order valence-corrected chi connectivity index (χ3v) is 7.72. The highest BCUT2D eigenvalue weighted by molar-refractivity contribution is 7.89. The molecule has 8 nitrogen and oxygen atoms in total. The highest BCUT2D eigenvalue weighted by atomic mass is 32.2. The fourth-order valence-electron chi connectivity index (χ4n) is 4.19. The molecular formula is C21H20FN5O3S. The zero-order valence-corrected chi connectivity index (χ0v) is 17.8. The molecule has 1 aliphatic rings. The number of fused-ring (bicyclic) bond motifs is 1. The fourth-order valence-corrected chi connectivity index (χ4v) is 5.97. The molecule has 3 aromatic heterocycles. The maximum atomic E-state index is 13.5. The second-order valence-corrected chi connectivity index (χ2v) is 9.49. The second-order valence-electron chi connectivity index (χ2n) is 7.62. The molecule has 4 heterocycles. The minimum Gasteiger partial charge on any atom is -0.360 e. The van der Waals surface area contributed by atoms with E-state index in [9.17, 15) is 12.8 Å². The van der Waals surface area contributed by atoms with Crippen LogP contribution in [0.5, 0.6) is 0 Å². The van der Waals surface area contributed by atoms with Crippen LogP contribution in [0.1, 0.15) is 23.9 Å². The molecular weight excluding hydrogens is 421 g/mol. The van der Waals surface area contributed by atoms with Gasteiger partial charge in [0.2, 0.25) is 10.0 Å².